The number of carbonyl (C=O) groups excluding carboxylic acids is 1. The van der Waals surface area contributed by atoms with E-state index in [2.05, 4.69) is 5.32 Å². The molecule has 0 aliphatic carbocycles. The number of carbonyl (C=O) groups is 1. The second kappa shape index (κ2) is 7.45. The van der Waals surface area contributed by atoms with E-state index >= 15 is 0 Å². The molecule has 2 aromatic carbocycles. The Morgan fingerprint density at radius 1 is 1.14 bits per heavy atom. The summed E-state index contributed by atoms with van der Waals surface area (Å²) in [6.07, 6.45) is -1.28. The first-order chi connectivity index (χ1) is 10.2. The number of aliphatic hydroxyl groups excluding tert-OH is 1. The zero-order valence-corrected chi connectivity index (χ0v) is 12.0. The topological polar surface area (TPSA) is 58.6 Å². The van der Waals surface area contributed by atoms with Crippen molar-refractivity contribution < 1.29 is 14.6 Å². The first-order valence-electron chi connectivity index (χ1n) is 6.85. The molecule has 0 aromatic heterocycles. The predicted molar refractivity (Wildman–Crippen MR) is 80.8 cm³/mol. The van der Waals surface area contributed by atoms with Crippen LogP contribution in [0.2, 0.25) is 0 Å². The van der Waals surface area contributed by atoms with Gasteiger partial charge in [-0.3, -0.25) is 0 Å². The van der Waals surface area contributed by atoms with E-state index in [0.29, 0.717) is 0 Å². The zero-order valence-electron chi connectivity index (χ0n) is 12.0. The minimum Gasteiger partial charge on any atom is -0.445 e. The van der Waals surface area contributed by atoms with E-state index in [4.69, 9.17) is 4.74 Å². The summed E-state index contributed by atoms with van der Waals surface area (Å²) in [4.78, 5) is 11.6. The Hall–Kier alpha value is -2.33. The molecule has 0 spiro atoms. The van der Waals surface area contributed by atoms with E-state index in [1.54, 1.807) is 0 Å². The molecule has 0 aliphatic heterocycles. The van der Waals surface area contributed by atoms with Gasteiger partial charge in [0.1, 0.15) is 6.61 Å². The third-order valence-electron chi connectivity index (χ3n) is 3.20. The van der Waals surface area contributed by atoms with Gasteiger partial charge in [0.05, 0.1) is 12.6 Å². The van der Waals surface area contributed by atoms with Crippen LogP contribution in [0, 0.1) is 6.92 Å². The summed E-state index contributed by atoms with van der Waals surface area (Å²) in [5.74, 6) is 0. The van der Waals surface area contributed by atoms with Crippen molar-refractivity contribution in [2.45, 2.75) is 19.6 Å². The van der Waals surface area contributed by atoms with Gasteiger partial charge in [0.15, 0.2) is 0 Å². The largest absolute Gasteiger partial charge is 0.445 e. The number of rotatable bonds is 5. The molecule has 0 radical (unpaired) electrons. The van der Waals surface area contributed by atoms with Gasteiger partial charge < -0.3 is 15.2 Å². The van der Waals surface area contributed by atoms with Gasteiger partial charge in [-0.25, -0.2) is 4.79 Å². The monoisotopic (exact) mass is 285 g/mol. The molecule has 4 heteroatoms. The maximum atomic E-state index is 11.6. The molecule has 2 rings (SSSR count). The zero-order chi connectivity index (χ0) is 15.1. The van der Waals surface area contributed by atoms with Crippen LogP contribution in [0.4, 0.5) is 4.79 Å². The van der Waals surface area contributed by atoms with Gasteiger partial charge in [0.2, 0.25) is 0 Å². The molecule has 0 saturated carbocycles. The molecule has 0 aliphatic rings. The molecule has 110 valence electrons. The molecule has 2 N–H and O–H groups in total. The standard InChI is InChI=1S/C17H19NO3/c1-13-7-5-6-10-15(13)16(19)11-18-17(20)21-12-14-8-3-2-4-9-14/h2-10,16,19H,11-12H2,1H3,(H,18,20)/t16-/m1/s1. The first-order valence-corrected chi connectivity index (χ1v) is 6.85. The molecular formula is C17H19NO3. The van der Waals surface area contributed by atoms with Gasteiger partial charge >= 0.3 is 6.09 Å². The van der Waals surface area contributed by atoms with Crippen molar-refractivity contribution in [2.24, 2.45) is 0 Å². The summed E-state index contributed by atoms with van der Waals surface area (Å²) < 4.78 is 5.08. The lowest BCUT2D eigenvalue weighted by atomic mass is 10.0. The number of hydrogen-bond donors (Lipinski definition) is 2. The molecule has 4 nitrogen and oxygen atoms in total. The summed E-state index contributed by atoms with van der Waals surface area (Å²) in [6.45, 7) is 2.26. The highest BCUT2D eigenvalue weighted by molar-refractivity contribution is 5.67. The highest BCUT2D eigenvalue weighted by atomic mass is 16.5. The van der Waals surface area contributed by atoms with E-state index in [0.717, 1.165) is 16.7 Å². The molecular weight excluding hydrogens is 266 g/mol. The van der Waals surface area contributed by atoms with Gasteiger partial charge in [-0.05, 0) is 23.6 Å². The smallest absolute Gasteiger partial charge is 0.407 e. The summed E-state index contributed by atoms with van der Waals surface area (Å²) in [5, 5.41) is 12.6. The van der Waals surface area contributed by atoms with Crippen molar-refractivity contribution in [1.29, 1.82) is 0 Å². The van der Waals surface area contributed by atoms with Crippen LogP contribution in [0.1, 0.15) is 22.8 Å². The van der Waals surface area contributed by atoms with Crippen LogP contribution in [0.5, 0.6) is 0 Å². The Morgan fingerprint density at radius 3 is 2.52 bits per heavy atom. The molecule has 0 bridgehead atoms. The predicted octanol–water partition coefficient (Wildman–Crippen LogP) is 2.95. The van der Waals surface area contributed by atoms with E-state index in [9.17, 15) is 9.90 Å². The van der Waals surface area contributed by atoms with E-state index in [1.165, 1.54) is 0 Å². The molecule has 0 fully saturated rings. The summed E-state index contributed by atoms with van der Waals surface area (Å²) in [7, 11) is 0. The van der Waals surface area contributed by atoms with Crippen LogP contribution in [-0.2, 0) is 11.3 Å². The Balaban J connectivity index is 1.77. The van der Waals surface area contributed by atoms with Crippen molar-refractivity contribution in [2.75, 3.05) is 6.54 Å². The Bertz CT molecular complexity index is 584. The lowest BCUT2D eigenvalue weighted by molar-refractivity contribution is 0.126. The number of ether oxygens (including phenoxy) is 1. The van der Waals surface area contributed by atoms with Crippen molar-refractivity contribution in [3.63, 3.8) is 0 Å². The number of hydrogen-bond acceptors (Lipinski definition) is 3. The van der Waals surface area contributed by atoms with Gasteiger partial charge in [0.25, 0.3) is 0 Å². The average molecular weight is 285 g/mol. The van der Waals surface area contributed by atoms with Crippen molar-refractivity contribution >= 4 is 6.09 Å². The summed E-state index contributed by atoms with van der Waals surface area (Å²) in [6, 6.07) is 17.0. The molecule has 2 aromatic rings. The maximum Gasteiger partial charge on any atom is 0.407 e. The second-order valence-corrected chi connectivity index (χ2v) is 4.82. The third-order valence-corrected chi connectivity index (χ3v) is 3.20. The number of nitrogens with one attached hydrogen (secondary N) is 1. The third kappa shape index (κ3) is 4.61. The number of aliphatic hydroxyl groups is 1. The highest BCUT2D eigenvalue weighted by Crippen LogP contribution is 2.16. The van der Waals surface area contributed by atoms with E-state index in [-0.39, 0.29) is 13.2 Å². The van der Waals surface area contributed by atoms with Crippen molar-refractivity contribution in [3.8, 4) is 0 Å². The highest BCUT2D eigenvalue weighted by Gasteiger charge is 2.11. The number of benzene rings is 2. The van der Waals surface area contributed by atoms with Crippen LogP contribution in [-0.4, -0.2) is 17.7 Å². The second-order valence-electron chi connectivity index (χ2n) is 4.82. The van der Waals surface area contributed by atoms with Gasteiger partial charge in [-0.1, -0.05) is 54.6 Å². The Kier molecular flexibility index (Phi) is 5.35. The lowest BCUT2D eigenvalue weighted by Gasteiger charge is -2.14. The summed E-state index contributed by atoms with van der Waals surface area (Å²) >= 11 is 0. The Labute approximate surface area is 124 Å². The molecule has 1 atom stereocenters. The molecule has 0 unspecified atom stereocenters. The molecule has 0 saturated heterocycles. The average Bonchev–Trinajstić information content (AvgIpc) is 2.52. The van der Waals surface area contributed by atoms with Crippen LogP contribution in [0.25, 0.3) is 0 Å². The van der Waals surface area contributed by atoms with Crippen LogP contribution in [0.3, 0.4) is 0 Å². The molecule has 21 heavy (non-hydrogen) atoms. The lowest BCUT2D eigenvalue weighted by Crippen LogP contribution is -2.29. The fraction of sp³-hybridized carbons (Fsp3) is 0.235. The molecule has 0 heterocycles. The minimum absolute atomic E-state index is 0.123. The van der Waals surface area contributed by atoms with Crippen LogP contribution < -0.4 is 5.32 Å². The quantitative estimate of drug-likeness (QED) is 0.888. The number of alkyl carbamates (subject to hydrolysis) is 1. The van der Waals surface area contributed by atoms with Gasteiger partial charge in [-0.2, -0.15) is 0 Å². The maximum absolute atomic E-state index is 11.6. The normalized spacial score (nSPS) is 11.7. The number of amides is 1. The fourth-order valence-electron chi connectivity index (χ4n) is 2.02. The number of aryl methyl sites for hydroxylation is 1. The van der Waals surface area contributed by atoms with Crippen molar-refractivity contribution in [1.82, 2.24) is 5.32 Å². The van der Waals surface area contributed by atoms with E-state index in [1.807, 2.05) is 61.5 Å². The SMILES string of the molecule is Cc1ccccc1[C@H](O)CNC(=O)OCc1ccccc1. The van der Waals surface area contributed by atoms with Crippen LogP contribution in [0.15, 0.2) is 54.6 Å². The molecule has 1 amide bonds. The van der Waals surface area contributed by atoms with Gasteiger partial charge in [0, 0.05) is 0 Å². The fourth-order valence-corrected chi connectivity index (χ4v) is 2.02. The first kappa shape index (κ1) is 15.1. The van der Waals surface area contributed by atoms with E-state index < -0.39 is 12.2 Å². The summed E-state index contributed by atoms with van der Waals surface area (Å²) in [5.41, 5.74) is 2.72. The van der Waals surface area contributed by atoms with Crippen LogP contribution >= 0.6 is 0 Å². The minimum atomic E-state index is -0.740. The Morgan fingerprint density at radius 2 is 1.81 bits per heavy atom. The van der Waals surface area contributed by atoms with Gasteiger partial charge in [-0.15, -0.1) is 0 Å². The van der Waals surface area contributed by atoms with Crippen molar-refractivity contribution in [3.05, 3.63) is 71.3 Å².